The normalized spacial score (nSPS) is 27.3. The van der Waals surface area contributed by atoms with E-state index in [2.05, 4.69) is 4.98 Å². The SMILES string of the molecule is Cc1nc(C)c(C(=O)N2CC[C@@H](O)[C@H](C3CCCC3)C2)s1. The first-order valence-electron chi connectivity index (χ1n) is 7.97. The van der Waals surface area contributed by atoms with E-state index in [1.54, 1.807) is 0 Å². The molecule has 2 fully saturated rings. The number of hydrogen-bond donors (Lipinski definition) is 1. The van der Waals surface area contributed by atoms with Gasteiger partial charge in [-0.1, -0.05) is 25.7 Å². The van der Waals surface area contributed by atoms with Gasteiger partial charge in [0, 0.05) is 19.0 Å². The van der Waals surface area contributed by atoms with E-state index < -0.39 is 0 Å². The second-order valence-electron chi connectivity index (χ2n) is 6.46. The smallest absolute Gasteiger partial charge is 0.265 e. The monoisotopic (exact) mass is 308 g/mol. The molecule has 1 saturated heterocycles. The molecular weight excluding hydrogens is 284 g/mol. The van der Waals surface area contributed by atoms with Gasteiger partial charge in [-0.05, 0) is 26.2 Å². The highest BCUT2D eigenvalue weighted by Gasteiger charge is 2.37. The van der Waals surface area contributed by atoms with Gasteiger partial charge in [0.2, 0.25) is 0 Å². The highest BCUT2D eigenvalue weighted by molar-refractivity contribution is 7.13. The third-order valence-electron chi connectivity index (χ3n) is 5.01. The topological polar surface area (TPSA) is 53.4 Å². The lowest BCUT2D eigenvalue weighted by Gasteiger charge is -2.39. The van der Waals surface area contributed by atoms with Crippen molar-refractivity contribution in [3.05, 3.63) is 15.6 Å². The van der Waals surface area contributed by atoms with Crippen molar-refractivity contribution in [3.8, 4) is 0 Å². The van der Waals surface area contributed by atoms with Crippen LogP contribution in [0.2, 0.25) is 0 Å². The maximum absolute atomic E-state index is 12.7. The van der Waals surface area contributed by atoms with Crippen LogP contribution in [0.5, 0.6) is 0 Å². The first kappa shape index (κ1) is 15.0. The summed E-state index contributed by atoms with van der Waals surface area (Å²) in [6, 6.07) is 0. The first-order chi connectivity index (χ1) is 10.1. The van der Waals surface area contributed by atoms with E-state index in [0.29, 0.717) is 25.4 Å². The zero-order valence-electron chi connectivity index (χ0n) is 12.8. The lowest BCUT2D eigenvalue weighted by molar-refractivity contribution is 0.00318. The molecule has 2 atom stereocenters. The van der Waals surface area contributed by atoms with E-state index in [4.69, 9.17) is 0 Å². The Kier molecular flexibility index (Phi) is 4.31. The predicted octanol–water partition coefficient (Wildman–Crippen LogP) is 2.77. The third-order valence-corrected chi connectivity index (χ3v) is 6.07. The molecule has 0 radical (unpaired) electrons. The fraction of sp³-hybridized carbons (Fsp3) is 0.750. The zero-order valence-corrected chi connectivity index (χ0v) is 13.7. The maximum Gasteiger partial charge on any atom is 0.265 e. The quantitative estimate of drug-likeness (QED) is 0.914. The molecule has 1 saturated carbocycles. The van der Waals surface area contributed by atoms with Gasteiger partial charge in [-0.15, -0.1) is 11.3 Å². The van der Waals surface area contributed by atoms with Gasteiger partial charge in [0.1, 0.15) is 4.88 Å². The Morgan fingerprint density at radius 2 is 2.00 bits per heavy atom. The van der Waals surface area contributed by atoms with Gasteiger partial charge < -0.3 is 10.0 Å². The molecular formula is C16H24N2O2S. The Morgan fingerprint density at radius 3 is 2.62 bits per heavy atom. The van der Waals surface area contributed by atoms with Crippen molar-refractivity contribution in [2.75, 3.05) is 13.1 Å². The van der Waals surface area contributed by atoms with Crippen LogP contribution in [-0.2, 0) is 0 Å². The Balaban J connectivity index is 1.73. The van der Waals surface area contributed by atoms with Crippen LogP contribution in [0.4, 0.5) is 0 Å². The molecule has 1 aliphatic heterocycles. The van der Waals surface area contributed by atoms with E-state index in [0.717, 1.165) is 15.6 Å². The predicted molar refractivity (Wildman–Crippen MR) is 83.6 cm³/mol. The molecule has 2 heterocycles. The van der Waals surface area contributed by atoms with Crippen molar-refractivity contribution >= 4 is 17.2 Å². The number of amides is 1. The average Bonchev–Trinajstić information content (AvgIpc) is 3.08. The van der Waals surface area contributed by atoms with Gasteiger partial charge in [-0.2, -0.15) is 0 Å². The number of hydrogen-bond acceptors (Lipinski definition) is 4. The van der Waals surface area contributed by atoms with Crippen LogP contribution in [0.15, 0.2) is 0 Å². The summed E-state index contributed by atoms with van der Waals surface area (Å²) in [7, 11) is 0. The van der Waals surface area contributed by atoms with Gasteiger partial charge in [-0.3, -0.25) is 4.79 Å². The average molecular weight is 308 g/mol. The number of rotatable bonds is 2. The molecule has 2 aliphatic rings. The molecule has 0 spiro atoms. The second-order valence-corrected chi connectivity index (χ2v) is 7.67. The van der Waals surface area contributed by atoms with E-state index in [1.807, 2.05) is 18.7 Å². The summed E-state index contributed by atoms with van der Waals surface area (Å²) in [5.41, 5.74) is 0.839. The highest BCUT2D eigenvalue weighted by atomic mass is 32.1. The number of aromatic nitrogens is 1. The minimum absolute atomic E-state index is 0.105. The molecule has 21 heavy (non-hydrogen) atoms. The van der Waals surface area contributed by atoms with E-state index >= 15 is 0 Å². The third kappa shape index (κ3) is 2.99. The summed E-state index contributed by atoms with van der Waals surface area (Å²) in [5, 5.41) is 11.3. The molecule has 3 rings (SSSR count). The number of aliphatic hydroxyl groups excluding tert-OH is 1. The molecule has 1 amide bonds. The van der Waals surface area contributed by atoms with Crippen LogP contribution in [-0.4, -0.2) is 40.1 Å². The van der Waals surface area contributed by atoms with E-state index in [1.165, 1.54) is 37.0 Å². The van der Waals surface area contributed by atoms with Crippen LogP contribution in [0.3, 0.4) is 0 Å². The number of carbonyl (C=O) groups is 1. The number of carbonyl (C=O) groups excluding carboxylic acids is 1. The van der Waals surface area contributed by atoms with Gasteiger partial charge in [0.25, 0.3) is 5.91 Å². The van der Waals surface area contributed by atoms with Gasteiger partial charge in [-0.25, -0.2) is 4.98 Å². The van der Waals surface area contributed by atoms with Crippen molar-refractivity contribution in [1.82, 2.24) is 9.88 Å². The lowest BCUT2D eigenvalue weighted by atomic mass is 9.82. The van der Waals surface area contributed by atoms with E-state index in [-0.39, 0.29) is 17.9 Å². The van der Waals surface area contributed by atoms with Crippen molar-refractivity contribution in [2.24, 2.45) is 11.8 Å². The number of nitrogens with zero attached hydrogens (tertiary/aromatic N) is 2. The minimum atomic E-state index is -0.235. The van der Waals surface area contributed by atoms with Crippen molar-refractivity contribution in [3.63, 3.8) is 0 Å². The summed E-state index contributed by atoms with van der Waals surface area (Å²) in [6.07, 6.45) is 5.44. The molecule has 0 bridgehead atoms. The van der Waals surface area contributed by atoms with Crippen molar-refractivity contribution in [1.29, 1.82) is 0 Å². The number of thiazole rings is 1. The molecule has 1 N–H and O–H groups in total. The Morgan fingerprint density at radius 1 is 1.29 bits per heavy atom. The summed E-state index contributed by atoms with van der Waals surface area (Å²) < 4.78 is 0. The molecule has 5 heteroatoms. The Hall–Kier alpha value is -0.940. The van der Waals surface area contributed by atoms with Crippen molar-refractivity contribution in [2.45, 2.75) is 52.1 Å². The Labute approximate surface area is 130 Å². The largest absolute Gasteiger partial charge is 0.393 e. The fourth-order valence-corrected chi connectivity index (χ4v) is 4.76. The number of likely N-dealkylation sites (tertiary alicyclic amines) is 1. The van der Waals surface area contributed by atoms with E-state index in [9.17, 15) is 9.90 Å². The van der Waals surface area contributed by atoms with Crippen LogP contribution in [0.1, 0.15) is 52.5 Å². The second kappa shape index (κ2) is 6.05. The van der Waals surface area contributed by atoms with Gasteiger partial charge in [0.05, 0.1) is 16.8 Å². The fourth-order valence-electron chi connectivity index (χ4n) is 3.88. The molecule has 1 aromatic heterocycles. The van der Waals surface area contributed by atoms with Crippen LogP contribution >= 0.6 is 11.3 Å². The van der Waals surface area contributed by atoms with Crippen LogP contribution in [0.25, 0.3) is 0 Å². The highest BCUT2D eigenvalue weighted by Crippen LogP contribution is 2.36. The summed E-state index contributed by atoms with van der Waals surface area (Å²) >= 11 is 1.49. The molecule has 116 valence electrons. The maximum atomic E-state index is 12.7. The Bertz CT molecular complexity index is 522. The van der Waals surface area contributed by atoms with Crippen molar-refractivity contribution < 1.29 is 9.90 Å². The van der Waals surface area contributed by atoms with Crippen LogP contribution in [0, 0.1) is 25.7 Å². The lowest BCUT2D eigenvalue weighted by Crippen LogP contribution is -2.48. The molecule has 0 aromatic carbocycles. The first-order valence-corrected chi connectivity index (χ1v) is 8.79. The number of aliphatic hydroxyl groups is 1. The minimum Gasteiger partial charge on any atom is -0.393 e. The summed E-state index contributed by atoms with van der Waals surface area (Å²) in [4.78, 5) is 19.8. The molecule has 1 aromatic rings. The summed E-state index contributed by atoms with van der Waals surface area (Å²) in [5.74, 6) is 0.965. The molecule has 0 unspecified atom stereocenters. The van der Waals surface area contributed by atoms with Gasteiger partial charge >= 0.3 is 0 Å². The van der Waals surface area contributed by atoms with Gasteiger partial charge in [0.15, 0.2) is 0 Å². The summed E-state index contributed by atoms with van der Waals surface area (Å²) in [6.45, 7) is 5.22. The zero-order chi connectivity index (χ0) is 15.0. The standard InChI is InChI=1S/C16H24N2O2S/c1-10-15(21-11(2)17-10)16(20)18-8-7-14(19)13(9-18)12-5-3-4-6-12/h12-14,19H,3-9H2,1-2H3/t13-,14+/m0/s1. The number of piperidine rings is 1. The molecule has 1 aliphatic carbocycles. The molecule has 4 nitrogen and oxygen atoms in total. The van der Waals surface area contributed by atoms with Crippen LogP contribution < -0.4 is 0 Å². The number of aryl methyl sites for hydroxylation is 2.